The van der Waals surface area contributed by atoms with Crippen LogP contribution in [0.4, 0.5) is 0 Å². The number of nitrogens with one attached hydrogen (secondary N) is 1. The summed E-state index contributed by atoms with van der Waals surface area (Å²) >= 11 is 5.83. The second-order valence-electron chi connectivity index (χ2n) is 5.11. The molecule has 0 radical (unpaired) electrons. The zero-order chi connectivity index (χ0) is 13.2. The normalized spacial score (nSPS) is 18.7. The van der Waals surface area contributed by atoms with Crippen LogP contribution >= 0.6 is 11.6 Å². The Morgan fingerprint density at radius 2 is 1.83 bits per heavy atom. The van der Waals surface area contributed by atoms with Gasteiger partial charge in [0.2, 0.25) is 0 Å². The molecule has 1 aliphatic rings. The van der Waals surface area contributed by atoms with E-state index in [1.165, 1.54) is 0 Å². The first-order valence-electron chi connectivity index (χ1n) is 6.28. The number of carbonyl (C=O) groups excluding carboxylic acids is 1. The van der Waals surface area contributed by atoms with Gasteiger partial charge in [-0.2, -0.15) is 0 Å². The number of hydrogen-bond acceptors (Lipinski definition) is 2. The summed E-state index contributed by atoms with van der Waals surface area (Å²) in [4.78, 5) is 14.2. The van der Waals surface area contributed by atoms with Crippen LogP contribution < -0.4 is 5.32 Å². The first-order chi connectivity index (χ1) is 8.54. The summed E-state index contributed by atoms with van der Waals surface area (Å²) in [6.45, 7) is 3.81. The van der Waals surface area contributed by atoms with Crippen molar-refractivity contribution in [1.82, 2.24) is 10.2 Å². The predicted molar refractivity (Wildman–Crippen MR) is 74.1 cm³/mol. The van der Waals surface area contributed by atoms with Crippen LogP contribution in [-0.4, -0.2) is 36.5 Å². The summed E-state index contributed by atoms with van der Waals surface area (Å²) in [5, 5.41) is 3.99. The van der Waals surface area contributed by atoms with Crippen LogP contribution in [0.5, 0.6) is 0 Å². The number of amides is 1. The van der Waals surface area contributed by atoms with E-state index in [0.717, 1.165) is 25.9 Å². The minimum atomic E-state index is 0.102. The standard InChI is InChI=1S/C14H19ClN2O/c1-14(16-2)7-9-17(10-8-14)13(18)11-3-5-12(15)6-4-11/h3-6,16H,7-10H2,1-2H3. The fourth-order valence-corrected chi connectivity index (χ4v) is 2.35. The highest BCUT2D eigenvalue weighted by molar-refractivity contribution is 6.30. The Labute approximate surface area is 113 Å². The maximum Gasteiger partial charge on any atom is 0.253 e. The number of benzene rings is 1. The molecule has 0 aliphatic carbocycles. The van der Waals surface area contributed by atoms with Gasteiger partial charge in [0.15, 0.2) is 0 Å². The van der Waals surface area contributed by atoms with E-state index >= 15 is 0 Å². The summed E-state index contributed by atoms with van der Waals surface area (Å²) in [7, 11) is 1.98. The van der Waals surface area contributed by atoms with Crippen molar-refractivity contribution < 1.29 is 4.79 Å². The number of piperidine rings is 1. The van der Waals surface area contributed by atoms with E-state index < -0.39 is 0 Å². The number of carbonyl (C=O) groups is 1. The van der Waals surface area contributed by atoms with E-state index in [9.17, 15) is 4.79 Å². The first-order valence-corrected chi connectivity index (χ1v) is 6.66. The average Bonchev–Trinajstić information content (AvgIpc) is 2.40. The Hall–Kier alpha value is -1.06. The van der Waals surface area contributed by atoms with Crippen molar-refractivity contribution in [3.63, 3.8) is 0 Å². The van der Waals surface area contributed by atoms with E-state index in [1.807, 2.05) is 11.9 Å². The Morgan fingerprint density at radius 3 is 2.33 bits per heavy atom. The topological polar surface area (TPSA) is 32.3 Å². The van der Waals surface area contributed by atoms with Gasteiger partial charge in [-0.25, -0.2) is 0 Å². The van der Waals surface area contributed by atoms with Crippen LogP contribution in [0.15, 0.2) is 24.3 Å². The number of rotatable bonds is 2. The van der Waals surface area contributed by atoms with Crippen molar-refractivity contribution in [1.29, 1.82) is 0 Å². The Balaban J connectivity index is 2.01. The van der Waals surface area contributed by atoms with Crippen LogP contribution in [0.1, 0.15) is 30.1 Å². The van der Waals surface area contributed by atoms with Crippen molar-refractivity contribution in [2.45, 2.75) is 25.3 Å². The maximum absolute atomic E-state index is 12.3. The second-order valence-corrected chi connectivity index (χ2v) is 5.55. The van der Waals surface area contributed by atoms with Crippen LogP contribution in [0.3, 0.4) is 0 Å². The van der Waals surface area contributed by atoms with Gasteiger partial charge in [-0.05, 0) is 51.1 Å². The second kappa shape index (κ2) is 5.29. The molecule has 1 N–H and O–H groups in total. The van der Waals surface area contributed by atoms with Crippen LogP contribution in [0.25, 0.3) is 0 Å². The Morgan fingerprint density at radius 1 is 1.28 bits per heavy atom. The molecule has 3 nitrogen and oxygen atoms in total. The quantitative estimate of drug-likeness (QED) is 0.892. The lowest BCUT2D eigenvalue weighted by atomic mass is 9.89. The molecule has 0 unspecified atom stereocenters. The average molecular weight is 267 g/mol. The molecule has 0 saturated carbocycles. The fraction of sp³-hybridized carbons (Fsp3) is 0.500. The van der Waals surface area contributed by atoms with E-state index in [1.54, 1.807) is 24.3 Å². The highest BCUT2D eigenvalue weighted by atomic mass is 35.5. The lowest BCUT2D eigenvalue weighted by Gasteiger charge is -2.39. The molecule has 4 heteroatoms. The number of hydrogen-bond donors (Lipinski definition) is 1. The largest absolute Gasteiger partial charge is 0.339 e. The molecule has 0 spiro atoms. The molecule has 1 aromatic carbocycles. The lowest BCUT2D eigenvalue weighted by Crippen LogP contribution is -2.51. The van der Waals surface area contributed by atoms with E-state index in [4.69, 9.17) is 11.6 Å². The third-order valence-electron chi connectivity index (χ3n) is 3.85. The van der Waals surface area contributed by atoms with Crippen molar-refractivity contribution in [3.05, 3.63) is 34.9 Å². The molecule has 18 heavy (non-hydrogen) atoms. The molecule has 0 aromatic heterocycles. The fourth-order valence-electron chi connectivity index (χ4n) is 2.23. The summed E-state index contributed by atoms with van der Waals surface area (Å²) in [6, 6.07) is 7.10. The molecule has 1 fully saturated rings. The van der Waals surface area contributed by atoms with Gasteiger partial charge in [-0.3, -0.25) is 4.79 Å². The number of likely N-dealkylation sites (tertiary alicyclic amines) is 1. The van der Waals surface area contributed by atoms with Gasteiger partial charge in [0, 0.05) is 29.2 Å². The van der Waals surface area contributed by atoms with Gasteiger partial charge in [-0.1, -0.05) is 11.6 Å². The van der Waals surface area contributed by atoms with Crippen LogP contribution in [-0.2, 0) is 0 Å². The van der Waals surface area contributed by atoms with Crippen LogP contribution in [0.2, 0.25) is 5.02 Å². The summed E-state index contributed by atoms with van der Waals surface area (Å²) < 4.78 is 0. The van der Waals surface area contributed by atoms with Gasteiger partial charge < -0.3 is 10.2 Å². The van der Waals surface area contributed by atoms with Crippen molar-refractivity contribution in [2.24, 2.45) is 0 Å². The van der Waals surface area contributed by atoms with Gasteiger partial charge in [0.25, 0.3) is 5.91 Å². The molecule has 1 heterocycles. The summed E-state index contributed by atoms with van der Waals surface area (Å²) in [5.74, 6) is 0.102. The highest BCUT2D eigenvalue weighted by Gasteiger charge is 2.30. The third kappa shape index (κ3) is 2.85. The molecule has 1 aliphatic heterocycles. The van der Waals surface area contributed by atoms with Gasteiger partial charge in [0.1, 0.15) is 0 Å². The van der Waals surface area contributed by atoms with Crippen molar-refractivity contribution >= 4 is 17.5 Å². The predicted octanol–water partition coefficient (Wildman–Crippen LogP) is 2.55. The van der Waals surface area contributed by atoms with Gasteiger partial charge in [-0.15, -0.1) is 0 Å². The lowest BCUT2D eigenvalue weighted by molar-refractivity contribution is 0.0662. The SMILES string of the molecule is CNC1(C)CCN(C(=O)c2ccc(Cl)cc2)CC1. The zero-order valence-electron chi connectivity index (χ0n) is 10.9. The van der Waals surface area contributed by atoms with E-state index in [-0.39, 0.29) is 11.4 Å². The number of nitrogens with zero attached hydrogens (tertiary/aromatic N) is 1. The highest BCUT2D eigenvalue weighted by Crippen LogP contribution is 2.22. The Kier molecular flexibility index (Phi) is 3.93. The molecular formula is C14H19ClN2O. The molecule has 2 rings (SSSR count). The molecule has 0 bridgehead atoms. The van der Waals surface area contributed by atoms with E-state index in [2.05, 4.69) is 12.2 Å². The molecule has 1 saturated heterocycles. The molecule has 0 atom stereocenters. The minimum absolute atomic E-state index is 0.102. The number of halogens is 1. The molecule has 1 aromatic rings. The molecule has 1 amide bonds. The smallest absolute Gasteiger partial charge is 0.253 e. The van der Waals surface area contributed by atoms with Crippen LogP contribution in [0, 0.1) is 0 Å². The van der Waals surface area contributed by atoms with Gasteiger partial charge >= 0.3 is 0 Å². The van der Waals surface area contributed by atoms with E-state index in [0.29, 0.717) is 10.6 Å². The van der Waals surface area contributed by atoms with Crippen molar-refractivity contribution in [2.75, 3.05) is 20.1 Å². The monoisotopic (exact) mass is 266 g/mol. The molecule has 98 valence electrons. The Bertz CT molecular complexity index is 422. The van der Waals surface area contributed by atoms with Crippen molar-refractivity contribution in [3.8, 4) is 0 Å². The third-order valence-corrected chi connectivity index (χ3v) is 4.10. The zero-order valence-corrected chi connectivity index (χ0v) is 11.6. The minimum Gasteiger partial charge on any atom is -0.339 e. The first kappa shape index (κ1) is 13.4. The van der Waals surface area contributed by atoms with Gasteiger partial charge in [0.05, 0.1) is 0 Å². The summed E-state index contributed by atoms with van der Waals surface area (Å²) in [5.41, 5.74) is 0.879. The maximum atomic E-state index is 12.3. The summed E-state index contributed by atoms with van der Waals surface area (Å²) in [6.07, 6.45) is 1.98. The molecular weight excluding hydrogens is 248 g/mol.